The van der Waals surface area contributed by atoms with Crippen molar-refractivity contribution in [3.05, 3.63) is 22.5 Å². The molecule has 1 unspecified atom stereocenters. The molecule has 2 heterocycles. The fourth-order valence-electron chi connectivity index (χ4n) is 2.09. The Bertz CT molecular complexity index is 620. The lowest BCUT2D eigenvalue weighted by Crippen LogP contribution is -2.43. The highest BCUT2D eigenvalue weighted by Crippen LogP contribution is 2.20. The van der Waals surface area contributed by atoms with E-state index in [2.05, 4.69) is 33.1 Å². The van der Waals surface area contributed by atoms with E-state index >= 15 is 0 Å². The van der Waals surface area contributed by atoms with Crippen LogP contribution in [0.5, 0.6) is 0 Å². The number of carbonyl (C=O) groups excluding carboxylic acids is 1. The Morgan fingerprint density at radius 1 is 1.52 bits per heavy atom. The van der Waals surface area contributed by atoms with Gasteiger partial charge in [-0.1, -0.05) is 0 Å². The first-order valence-corrected chi connectivity index (χ1v) is 7.78. The molecule has 0 saturated carbocycles. The van der Waals surface area contributed by atoms with Crippen molar-refractivity contribution in [3.8, 4) is 0 Å². The zero-order valence-corrected chi connectivity index (χ0v) is 13.7. The molecule has 0 aliphatic rings. The van der Waals surface area contributed by atoms with Crippen LogP contribution < -0.4 is 10.6 Å². The minimum absolute atomic E-state index is 0.0213. The quantitative estimate of drug-likeness (QED) is 0.755. The van der Waals surface area contributed by atoms with Crippen molar-refractivity contribution in [2.45, 2.75) is 33.4 Å². The van der Waals surface area contributed by atoms with E-state index < -0.39 is 0 Å². The summed E-state index contributed by atoms with van der Waals surface area (Å²) in [4.78, 5) is 18.6. The molecule has 2 aromatic rings. The molecule has 0 aliphatic heterocycles. The van der Waals surface area contributed by atoms with E-state index in [4.69, 9.17) is 4.74 Å². The molecular weight excluding hydrogens is 288 g/mol. The molecule has 0 bridgehead atoms. The lowest BCUT2D eigenvalue weighted by atomic mass is 10.2. The molecule has 0 radical (unpaired) electrons. The molecule has 1 amide bonds. The number of aryl methyl sites for hydroxylation is 2. The van der Waals surface area contributed by atoms with E-state index in [0.29, 0.717) is 19.7 Å². The number of hydrogen-bond acceptors (Lipinski definition) is 5. The van der Waals surface area contributed by atoms with E-state index in [1.807, 2.05) is 13.8 Å². The number of fused-ring (bicyclic) bond motifs is 1. The second-order valence-electron chi connectivity index (χ2n) is 5.02. The van der Waals surface area contributed by atoms with Crippen LogP contribution in [0.3, 0.4) is 0 Å². The SMILES string of the molecule is COCCNC(=O)C(C)NCc1c(C)nc2sc(C)cn12. The van der Waals surface area contributed by atoms with Gasteiger partial charge in [-0.2, -0.15) is 0 Å². The fraction of sp³-hybridized carbons (Fsp3) is 0.571. The molecule has 0 spiro atoms. The maximum Gasteiger partial charge on any atom is 0.236 e. The van der Waals surface area contributed by atoms with Gasteiger partial charge in [-0.15, -0.1) is 11.3 Å². The second kappa shape index (κ2) is 7.02. The minimum atomic E-state index is -0.258. The van der Waals surface area contributed by atoms with Gasteiger partial charge in [0.2, 0.25) is 5.91 Å². The fourth-order valence-corrected chi connectivity index (χ4v) is 2.98. The van der Waals surface area contributed by atoms with E-state index in [9.17, 15) is 4.79 Å². The van der Waals surface area contributed by atoms with Crippen molar-refractivity contribution in [2.75, 3.05) is 20.3 Å². The molecule has 7 heteroatoms. The average Bonchev–Trinajstić information content (AvgIpc) is 2.91. The molecule has 116 valence electrons. The van der Waals surface area contributed by atoms with Crippen LogP contribution >= 0.6 is 11.3 Å². The van der Waals surface area contributed by atoms with E-state index in [-0.39, 0.29) is 11.9 Å². The molecule has 0 fully saturated rings. The molecule has 6 nitrogen and oxygen atoms in total. The lowest BCUT2D eigenvalue weighted by Gasteiger charge is -2.14. The maximum absolute atomic E-state index is 11.9. The summed E-state index contributed by atoms with van der Waals surface area (Å²) in [7, 11) is 1.62. The van der Waals surface area contributed by atoms with Gasteiger partial charge in [-0.05, 0) is 20.8 Å². The summed E-state index contributed by atoms with van der Waals surface area (Å²) in [6.45, 7) is 7.58. The van der Waals surface area contributed by atoms with Crippen molar-refractivity contribution >= 4 is 22.2 Å². The molecule has 2 rings (SSSR count). The second-order valence-corrected chi connectivity index (χ2v) is 6.24. The number of hydrogen-bond donors (Lipinski definition) is 2. The van der Waals surface area contributed by atoms with Crippen LogP contribution in [-0.4, -0.2) is 41.6 Å². The summed E-state index contributed by atoms with van der Waals surface area (Å²) < 4.78 is 7.01. The molecular formula is C14H22N4O2S. The van der Waals surface area contributed by atoms with Crippen LogP contribution in [0, 0.1) is 13.8 Å². The third-order valence-electron chi connectivity index (χ3n) is 3.32. The predicted molar refractivity (Wildman–Crippen MR) is 83.7 cm³/mol. The zero-order valence-electron chi connectivity index (χ0n) is 12.9. The van der Waals surface area contributed by atoms with E-state index in [0.717, 1.165) is 16.3 Å². The summed E-state index contributed by atoms with van der Waals surface area (Å²) in [5, 5.41) is 6.07. The van der Waals surface area contributed by atoms with Crippen LogP contribution in [0.4, 0.5) is 0 Å². The summed E-state index contributed by atoms with van der Waals surface area (Å²) in [5.41, 5.74) is 2.10. The Hall–Kier alpha value is -1.44. The Labute approximate surface area is 128 Å². The van der Waals surface area contributed by atoms with Gasteiger partial charge >= 0.3 is 0 Å². The minimum Gasteiger partial charge on any atom is -0.383 e. The van der Waals surface area contributed by atoms with Gasteiger partial charge in [-0.25, -0.2) is 4.98 Å². The number of ether oxygens (including phenoxy) is 1. The van der Waals surface area contributed by atoms with Gasteiger partial charge in [0.05, 0.1) is 24.0 Å². The molecule has 0 aromatic carbocycles. The van der Waals surface area contributed by atoms with E-state index in [1.54, 1.807) is 18.4 Å². The van der Waals surface area contributed by atoms with Crippen molar-refractivity contribution in [1.82, 2.24) is 20.0 Å². The van der Waals surface area contributed by atoms with Gasteiger partial charge in [-0.3, -0.25) is 9.20 Å². The van der Waals surface area contributed by atoms with Gasteiger partial charge in [0.1, 0.15) is 0 Å². The third-order valence-corrected chi connectivity index (χ3v) is 4.21. The summed E-state index contributed by atoms with van der Waals surface area (Å²) >= 11 is 1.67. The van der Waals surface area contributed by atoms with Gasteiger partial charge in [0, 0.05) is 31.3 Å². The highest BCUT2D eigenvalue weighted by Gasteiger charge is 2.15. The predicted octanol–water partition coefficient (Wildman–Crippen LogP) is 1.25. The molecule has 0 saturated heterocycles. The van der Waals surface area contributed by atoms with Crippen molar-refractivity contribution in [2.24, 2.45) is 0 Å². The van der Waals surface area contributed by atoms with Gasteiger partial charge in [0.15, 0.2) is 4.96 Å². The first kappa shape index (κ1) is 15.9. The van der Waals surface area contributed by atoms with E-state index in [1.165, 1.54) is 4.88 Å². The van der Waals surface area contributed by atoms with Gasteiger partial charge in [0.25, 0.3) is 0 Å². The third kappa shape index (κ3) is 3.81. The number of nitrogens with zero attached hydrogens (tertiary/aromatic N) is 2. The number of methoxy groups -OCH3 is 1. The monoisotopic (exact) mass is 310 g/mol. The number of nitrogens with one attached hydrogen (secondary N) is 2. The molecule has 2 N–H and O–H groups in total. The number of imidazole rings is 1. The maximum atomic E-state index is 11.9. The smallest absolute Gasteiger partial charge is 0.236 e. The van der Waals surface area contributed by atoms with Crippen molar-refractivity contribution in [3.63, 3.8) is 0 Å². The molecule has 1 atom stereocenters. The van der Waals surface area contributed by atoms with Crippen LogP contribution in [0.2, 0.25) is 0 Å². The molecule has 21 heavy (non-hydrogen) atoms. The average molecular weight is 310 g/mol. The van der Waals surface area contributed by atoms with Crippen LogP contribution in [0.15, 0.2) is 6.20 Å². The summed E-state index contributed by atoms with van der Waals surface area (Å²) in [6, 6.07) is -0.258. The Morgan fingerprint density at radius 2 is 2.29 bits per heavy atom. The summed E-state index contributed by atoms with van der Waals surface area (Å²) in [6.07, 6.45) is 2.08. The number of aromatic nitrogens is 2. The number of rotatable bonds is 7. The topological polar surface area (TPSA) is 67.7 Å². The molecule has 0 aliphatic carbocycles. The van der Waals surface area contributed by atoms with Crippen LogP contribution in [0.1, 0.15) is 23.2 Å². The first-order chi connectivity index (χ1) is 10.0. The highest BCUT2D eigenvalue weighted by molar-refractivity contribution is 7.17. The van der Waals surface area contributed by atoms with Crippen molar-refractivity contribution < 1.29 is 9.53 Å². The van der Waals surface area contributed by atoms with Crippen LogP contribution in [0.25, 0.3) is 4.96 Å². The van der Waals surface area contributed by atoms with Gasteiger partial charge < -0.3 is 15.4 Å². The largest absolute Gasteiger partial charge is 0.383 e. The van der Waals surface area contributed by atoms with Crippen molar-refractivity contribution in [1.29, 1.82) is 0 Å². The Balaban J connectivity index is 1.94. The number of thiazole rings is 1. The first-order valence-electron chi connectivity index (χ1n) is 6.97. The summed E-state index contributed by atoms with van der Waals surface area (Å²) in [5.74, 6) is -0.0213. The number of carbonyl (C=O) groups is 1. The molecule has 2 aromatic heterocycles. The Morgan fingerprint density at radius 3 is 3.00 bits per heavy atom. The van der Waals surface area contributed by atoms with Crippen LogP contribution in [-0.2, 0) is 16.1 Å². The Kier molecular flexibility index (Phi) is 5.33. The normalized spacial score (nSPS) is 12.8. The highest BCUT2D eigenvalue weighted by atomic mass is 32.1. The number of amides is 1. The standard InChI is InChI=1S/C14H22N4O2S/c1-9-8-18-12(10(2)17-14(18)21-9)7-16-11(3)13(19)15-5-6-20-4/h8,11,16H,5-7H2,1-4H3,(H,15,19). The lowest BCUT2D eigenvalue weighted by molar-refractivity contribution is -0.123. The zero-order chi connectivity index (χ0) is 15.4.